The van der Waals surface area contributed by atoms with Crippen molar-refractivity contribution in [3.05, 3.63) is 198 Å². The molecule has 13 heteroatoms. The van der Waals surface area contributed by atoms with Crippen molar-refractivity contribution in [1.82, 2.24) is 0 Å². The van der Waals surface area contributed by atoms with E-state index >= 15 is 0 Å². The van der Waals surface area contributed by atoms with Crippen molar-refractivity contribution in [3.63, 3.8) is 0 Å². The first-order valence-corrected chi connectivity index (χ1v) is 29.9. The molecule has 436 valence electrons. The summed E-state index contributed by atoms with van der Waals surface area (Å²) < 4.78 is 34.6. The number of nitrogens with zero attached hydrogens (tertiary/aromatic N) is 4. The van der Waals surface area contributed by atoms with E-state index in [0.717, 1.165) is 49.2 Å². The molecule has 0 spiro atoms. The minimum absolute atomic E-state index is 0.333. The van der Waals surface area contributed by atoms with Crippen molar-refractivity contribution < 1.29 is 42.8 Å². The van der Waals surface area contributed by atoms with Gasteiger partial charge in [0.1, 0.15) is 34.5 Å². The zero-order valence-corrected chi connectivity index (χ0v) is 48.5. The van der Waals surface area contributed by atoms with Crippen LogP contribution in [-0.2, 0) is 0 Å². The predicted octanol–water partition coefficient (Wildman–Crippen LogP) is 19.0. The summed E-state index contributed by atoms with van der Waals surface area (Å²) >= 11 is 0. The zero-order valence-electron chi connectivity index (χ0n) is 48.5. The molecule has 0 saturated heterocycles. The van der Waals surface area contributed by atoms with Crippen molar-refractivity contribution in [2.75, 3.05) is 19.8 Å². The maximum atomic E-state index is 13.0. The van der Waals surface area contributed by atoms with E-state index < -0.39 is 17.9 Å². The largest absolute Gasteiger partial charge is 0.494 e. The highest BCUT2D eigenvalue weighted by Gasteiger charge is 2.13. The number of carbonyl (C=O) groups is 3. The van der Waals surface area contributed by atoms with Crippen LogP contribution >= 0.6 is 0 Å². The SMILES string of the molecule is CCCCCCCCCCCCOc1ccc(C(=O)Oc2ccc(OCCCCCCCCCCCCOc3ccc(C(=O)Oc4ccc(C=Nc5cccc(C(=O)Oc6ccc(N=Nc7ccc(C#N)cc7)cc6)c5)cc4)cc3)cc2)cc1. The fourth-order valence-electron chi connectivity index (χ4n) is 9.04. The summed E-state index contributed by atoms with van der Waals surface area (Å²) in [5, 5.41) is 17.3. The quantitative estimate of drug-likeness (QED) is 0.0120. The predicted molar refractivity (Wildman–Crippen MR) is 331 cm³/mol. The molecule has 0 aliphatic heterocycles. The van der Waals surface area contributed by atoms with Crippen LogP contribution in [0.2, 0.25) is 0 Å². The second-order valence-electron chi connectivity index (χ2n) is 20.7. The molecule has 0 bridgehead atoms. The summed E-state index contributed by atoms with van der Waals surface area (Å²) in [6, 6.07) is 50.6. The number of aliphatic imine (C=N–C) groups is 1. The Balaban J connectivity index is 0.667. The molecule has 0 amide bonds. The molecule has 0 radical (unpaired) electrons. The van der Waals surface area contributed by atoms with Gasteiger partial charge in [-0.05, 0) is 189 Å². The molecule has 0 heterocycles. The van der Waals surface area contributed by atoms with Crippen molar-refractivity contribution in [3.8, 4) is 40.6 Å². The van der Waals surface area contributed by atoms with E-state index in [9.17, 15) is 14.4 Å². The normalized spacial score (nSPS) is 11.1. The van der Waals surface area contributed by atoms with Gasteiger partial charge in [0, 0.05) is 6.21 Å². The smallest absolute Gasteiger partial charge is 0.343 e. The number of carbonyl (C=O) groups excluding carboxylic acids is 3. The molecule has 0 saturated carbocycles. The Morgan fingerprint density at radius 3 is 1.14 bits per heavy atom. The van der Waals surface area contributed by atoms with Crippen LogP contribution in [0.1, 0.15) is 178 Å². The minimum Gasteiger partial charge on any atom is -0.494 e. The lowest BCUT2D eigenvalue weighted by atomic mass is 10.1. The lowest BCUT2D eigenvalue weighted by Gasteiger charge is -2.09. The van der Waals surface area contributed by atoms with Crippen LogP contribution in [0.4, 0.5) is 17.1 Å². The van der Waals surface area contributed by atoms with Crippen molar-refractivity contribution in [2.45, 2.75) is 135 Å². The van der Waals surface area contributed by atoms with Crippen LogP contribution in [0.15, 0.2) is 185 Å². The molecule has 0 fully saturated rings. The number of ether oxygens (including phenoxy) is 6. The van der Waals surface area contributed by atoms with Crippen molar-refractivity contribution in [2.24, 2.45) is 15.2 Å². The Kier molecular flexibility index (Phi) is 27.3. The molecule has 7 aromatic rings. The fraction of sp³-hybridized carbons (Fsp3) is 0.338. The summed E-state index contributed by atoms with van der Waals surface area (Å²) in [5.41, 5.74) is 4.29. The number of esters is 3. The van der Waals surface area contributed by atoms with E-state index in [1.807, 2.05) is 24.3 Å². The average Bonchev–Trinajstić information content (AvgIpc) is 3.70. The highest BCUT2D eigenvalue weighted by molar-refractivity contribution is 5.93. The Morgan fingerprint density at radius 2 is 0.726 bits per heavy atom. The maximum Gasteiger partial charge on any atom is 0.343 e. The van der Waals surface area contributed by atoms with Crippen LogP contribution in [0.25, 0.3) is 0 Å². The van der Waals surface area contributed by atoms with Gasteiger partial charge in [0.05, 0.1) is 65.2 Å². The van der Waals surface area contributed by atoms with Gasteiger partial charge < -0.3 is 28.4 Å². The number of nitriles is 1. The lowest BCUT2D eigenvalue weighted by Crippen LogP contribution is -2.08. The second kappa shape index (κ2) is 36.5. The number of unbranched alkanes of at least 4 members (excludes halogenated alkanes) is 18. The molecule has 0 unspecified atom stereocenters. The first-order valence-electron chi connectivity index (χ1n) is 29.9. The molecular formula is C71H78N4O9. The van der Waals surface area contributed by atoms with E-state index in [4.69, 9.17) is 33.7 Å². The van der Waals surface area contributed by atoms with Gasteiger partial charge in [0.15, 0.2) is 0 Å². The molecule has 7 aromatic carbocycles. The molecule has 13 nitrogen and oxygen atoms in total. The van der Waals surface area contributed by atoms with Crippen LogP contribution < -0.4 is 28.4 Å². The summed E-state index contributed by atoms with van der Waals surface area (Å²) in [6.45, 7) is 4.23. The van der Waals surface area contributed by atoms with Gasteiger partial charge in [-0.2, -0.15) is 15.5 Å². The van der Waals surface area contributed by atoms with Gasteiger partial charge in [0.2, 0.25) is 0 Å². The third-order valence-corrected chi connectivity index (χ3v) is 13.9. The fourth-order valence-corrected chi connectivity index (χ4v) is 9.04. The van der Waals surface area contributed by atoms with Gasteiger partial charge in [-0.1, -0.05) is 122 Å². The summed E-state index contributed by atoms with van der Waals surface area (Å²) in [4.78, 5) is 43.1. The van der Waals surface area contributed by atoms with Gasteiger partial charge in [-0.15, -0.1) is 0 Å². The number of azo groups is 1. The van der Waals surface area contributed by atoms with E-state index in [-0.39, 0.29) is 0 Å². The Bertz CT molecular complexity index is 3150. The number of rotatable bonds is 37. The Labute approximate surface area is 495 Å². The van der Waals surface area contributed by atoms with Gasteiger partial charge in [0.25, 0.3) is 0 Å². The molecule has 0 aromatic heterocycles. The lowest BCUT2D eigenvalue weighted by molar-refractivity contribution is 0.0725. The first-order chi connectivity index (χ1) is 41.3. The second-order valence-corrected chi connectivity index (χ2v) is 20.7. The van der Waals surface area contributed by atoms with E-state index in [0.29, 0.717) is 82.1 Å². The standard InChI is InChI=1S/C71H78N4O9/c1-2-3-4-5-6-7-10-13-16-19-49-80-64-41-31-58(32-42-64)70(77)83-68-47-45-65(46-48-68)81-51-21-18-15-12-9-8-11-14-17-20-50-79-63-39-29-57(30-40-63)69(76)82-66-37-27-56(28-38-66)54-73-62-24-22-23-59(52-62)71(78)84-67-43-35-61(36-44-67)75-74-60-33-25-55(53-72)26-34-60/h22-48,52,54H,2-21,49-51H2,1H3. The monoisotopic (exact) mass is 1130 g/mol. The van der Waals surface area contributed by atoms with Crippen LogP contribution in [0.5, 0.6) is 34.5 Å². The topological polar surface area (TPSA) is 167 Å². The van der Waals surface area contributed by atoms with Crippen molar-refractivity contribution in [1.29, 1.82) is 5.26 Å². The minimum atomic E-state index is -0.536. The van der Waals surface area contributed by atoms with E-state index in [1.54, 1.807) is 152 Å². The third kappa shape index (κ3) is 23.5. The van der Waals surface area contributed by atoms with Gasteiger partial charge in [-0.25, -0.2) is 14.4 Å². The number of hydrogen-bond acceptors (Lipinski definition) is 13. The van der Waals surface area contributed by atoms with E-state index in [1.165, 1.54) is 96.3 Å². The van der Waals surface area contributed by atoms with Crippen LogP contribution in [0, 0.1) is 11.3 Å². The molecule has 0 N–H and O–H groups in total. The number of hydrogen-bond donors (Lipinski definition) is 0. The molecule has 0 atom stereocenters. The van der Waals surface area contributed by atoms with Crippen LogP contribution in [0.3, 0.4) is 0 Å². The molecule has 7 rings (SSSR count). The molecule has 0 aliphatic carbocycles. The summed E-state index contributed by atoms with van der Waals surface area (Å²) in [7, 11) is 0. The Morgan fingerprint density at radius 1 is 0.381 bits per heavy atom. The zero-order chi connectivity index (χ0) is 58.7. The van der Waals surface area contributed by atoms with Gasteiger partial charge in [-0.3, -0.25) is 4.99 Å². The average molecular weight is 1130 g/mol. The van der Waals surface area contributed by atoms with Gasteiger partial charge >= 0.3 is 17.9 Å². The van der Waals surface area contributed by atoms with E-state index in [2.05, 4.69) is 28.2 Å². The van der Waals surface area contributed by atoms with Crippen molar-refractivity contribution >= 4 is 41.2 Å². The molecular weight excluding hydrogens is 1050 g/mol. The third-order valence-electron chi connectivity index (χ3n) is 13.9. The number of benzene rings is 7. The van der Waals surface area contributed by atoms with Crippen LogP contribution in [-0.4, -0.2) is 43.9 Å². The Hall–Kier alpha value is -8.89. The molecule has 0 aliphatic rings. The summed E-state index contributed by atoms with van der Waals surface area (Å²) in [5.74, 6) is 2.06. The highest BCUT2D eigenvalue weighted by atomic mass is 16.5. The summed E-state index contributed by atoms with van der Waals surface area (Å²) in [6.07, 6.45) is 26.1. The first kappa shape index (κ1) is 62.7. The maximum absolute atomic E-state index is 13.0. The highest BCUT2D eigenvalue weighted by Crippen LogP contribution is 2.26. The molecule has 84 heavy (non-hydrogen) atoms.